The van der Waals surface area contributed by atoms with Crippen molar-refractivity contribution in [1.29, 1.82) is 0 Å². The van der Waals surface area contributed by atoms with E-state index in [-0.39, 0.29) is 0 Å². The molecule has 0 aliphatic heterocycles. The first-order valence-electron chi connectivity index (χ1n) is 4.43. The summed E-state index contributed by atoms with van der Waals surface area (Å²) >= 11 is 5.23. The zero-order chi connectivity index (χ0) is 14.1. The molecule has 0 atom stereocenters. The predicted molar refractivity (Wildman–Crippen MR) is 52.3 cm³/mol. The summed E-state index contributed by atoms with van der Waals surface area (Å²) in [6.45, 7) is 0. The third-order valence-corrected chi connectivity index (χ3v) is 2.28. The molecule has 0 unspecified atom stereocenters. The Balaban J connectivity index is 3.62. The zero-order valence-electron chi connectivity index (χ0n) is 8.56. The van der Waals surface area contributed by atoms with Crippen LogP contribution in [-0.4, -0.2) is 10.9 Å². The minimum atomic E-state index is -5.04. The van der Waals surface area contributed by atoms with Crippen molar-refractivity contribution in [3.63, 3.8) is 0 Å². The lowest BCUT2D eigenvalue weighted by Crippen LogP contribution is -2.20. The van der Waals surface area contributed by atoms with Crippen LogP contribution in [0.15, 0.2) is 6.07 Å². The molecule has 0 spiro atoms. The molecule has 3 nitrogen and oxygen atoms in total. The van der Waals surface area contributed by atoms with Gasteiger partial charge in [-0.3, -0.25) is 4.79 Å². The van der Waals surface area contributed by atoms with E-state index in [1.54, 1.807) is 0 Å². The van der Waals surface area contributed by atoms with Crippen molar-refractivity contribution in [2.75, 3.05) is 0 Å². The number of hydrogen-bond donors (Lipinski definition) is 1. The van der Waals surface area contributed by atoms with E-state index in [4.69, 9.17) is 17.3 Å². The van der Waals surface area contributed by atoms with Crippen LogP contribution in [0.4, 0.5) is 22.0 Å². The van der Waals surface area contributed by atoms with Crippen molar-refractivity contribution < 1.29 is 26.7 Å². The van der Waals surface area contributed by atoms with Gasteiger partial charge in [0.2, 0.25) is 0 Å². The first-order valence-corrected chi connectivity index (χ1v) is 4.96. The fourth-order valence-corrected chi connectivity index (χ4v) is 1.54. The van der Waals surface area contributed by atoms with Gasteiger partial charge >= 0.3 is 6.18 Å². The van der Waals surface area contributed by atoms with E-state index in [2.05, 4.69) is 4.98 Å². The summed E-state index contributed by atoms with van der Waals surface area (Å²) in [6.07, 6.45) is -8.47. The Hall–Kier alpha value is -1.44. The lowest BCUT2D eigenvalue weighted by molar-refractivity contribution is -0.140. The van der Waals surface area contributed by atoms with Crippen molar-refractivity contribution in [3.05, 3.63) is 28.6 Å². The van der Waals surface area contributed by atoms with Gasteiger partial charge in [-0.2, -0.15) is 13.2 Å². The fraction of sp³-hybridized carbons (Fsp3) is 0.333. The molecule has 1 heterocycles. The molecule has 0 aliphatic rings. The molecule has 0 saturated heterocycles. The number of pyridine rings is 1. The van der Waals surface area contributed by atoms with Gasteiger partial charge in [0.1, 0.15) is 5.69 Å². The number of nitrogens with zero attached hydrogens (tertiary/aromatic N) is 1. The van der Waals surface area contributed by atoms with Crippen LogP contribution in [-0.2, 0) is 12.1 Å². The molecule has 1 aromatic rings. The second-order valence-electron chi connectivity index (χ2n) is 3.21. The standard InChI is InChI=1S/C9H6ClF5N2O/c10-2-5-6(9(13,14)15)3(7(11)12)1-4(17-5)8(16)18/h1,7H,2H2,(H2,16,18). The van der Waals surface area contributed by atoms with E-state index in [1.165, 1.54) is 0 Å². The smallest absolute Gasteiger partial charge is 0.364 e. The number of carbonyl (C=O) groups is 1. The molecule has 0 fully saturated rings. The summed E-state index contributed by atoms with van der Waals surface area (Å²) < 4.78 is 63.1. The van der Waals surface area contributed by atoms with Crippen molar-refractivity contribution in [2.24, 2.45) is 5.73 Å². The number of rotatable bonds is 3. The number of alkyl halides is 6. The molecule has 1 aromatic heterocycles. The third kappa shape index (κ3) is 2.87. The van der Waals surface area contributed by atoms with Gasteiger partial charge in [0, 0.05) is 5.56 Å². The van der Waals surface area contributed by atoms with E-state index >= 15 is 0 Å². The minimum Gasteiger partial charge on any atom is -0.364 e. The Kier molecular flexibility index (Phi) is 4.10. The number of primary amides is 1. The van der Waals surface area contributed by atoms with Crippen LogP contribution in [0.3, 0.4) is 0 Å². The van der Waals surface area contributed by atoms with Crippen LogP contribution in [0.2, 0.25) is 0 Å². The van der Waals surface area contributed by atoms with Crippen LogP contribution < -0.4 is 5.73 Å². The maximum atomic E-state index is 12.6. The van der Waals surface area contributed by atoms with Gasteiger partial charge < -0.3 is 5.73 Å². The molecular weight excluding hydrogens is 283 g/mol. The lowest BCUT2D eigenvalue weighted by Gasteiger charge is -2.16. The number of halogens is 6. The summed E-state index contributed by atoms with van der Waals surface area (Å²) in [7, 11) is 0. The Morgan fingerprint density at radius 1 is 1.44 bits per heavy atom. The Morgan fingerprint density at radius 3 is 2.33 bits per heavy atom. The maximum Gasteiger partial charge on any atom is 0.418 e. The molecule has 0 bridgehead atoms. The van der Waals surface area contributed by atoms with Crippen LogP contribution in [0.5, 0.6) is 0 Å². The molecule has 2 N–H and O–H groups in total. The number of amides is 1. The van der Waals surface area contributed by atoms with E-state index in [9.17, 15) is 26.7 Å². The first-order chi connectivity index (χ1) is 8.18. The highest BCUT2D eigenvalue weighted by Gasteiger charge is 2.39. The molecule has 0 aromatic carbocycles. The first kappa shape index (κ1) is 14.6. The molecule has 9 heteroatoms. The second kappa shape index (κ2) is 5.05. The summed E-state index contributed by atoms with van der Waals surface area (Å²) in [4.78, 5) is 14.0. The van der Waals surface area contributed by atoms with Gasteiger partial charge in [0.15, 0.2) is 0 Å². The molecule has 100 valence electrons. The second-order valence-corrected chi connectivity index (χ2v) is 3.48. The summed E-state index contributed by atoms with van der Waals surface area (Å²) in [5.41, 5.74) is 0.271. The Morgan fingerprint density at radius 2 is 2.00 bits per heavy atom. The normalized spacial score (nSPS) is 11.9. The van der Waals surface area contributed by atoms with Gasteiger partial charge in [-0.15, -0.1) is 11.6 Å². The third-order valence-electron chi connectivity index (χ3n) is 2.02. The highest BCUT2D eigenvalue weighted by atomic mass is 35.5. The minimum absolute atomic E-state index is 0.325. The van der Waals surface area contributed by atoms with Crippen molar-refractivity contribution in [3.8, 4) is 0 Å². The highest BCUT2D eigenvalue weighted by Crippen LogP contribution is 2.38. The van der Waals surface area contributed by atoms with Crippen LogP contribution in [0, 0.1) is 0 Å². The quantitative estimate of drug-likeness (QED) is 0.687. The monoisotopic (exact) mass is 288 g/mol. The Labute approximate surface area is 103 Å². The fourth-order valence-electron chi connectivity index (χ4n) is 1.34. The maximum absolute atomic E-state index is 12.6. The number of aromatic nitrogens is 1. The SMILES string of the molecule is NC(=O)c1cc(C(F)F)c(C(F)(F)F)c(CCl)n1. The van der Waals surface area contributed by atoms with Crippen LogP contribution in [0.1, 0.15) is 33.7 Å². The zero-order valence-corrected chi connectivity index (χ0v) is 9.32. The van der Waals surface area contributed by atoms with E-state index in [0.29, 0.717) is 6.07 Å². The molecule has 1 amide bonds. The van der Waals surface area contributed by atoms with Gasteiger partial charge in [-0.1, -0.05) is 0 Å². The topological polar surface area (TPSA) is 56.0 Å². The molecular formula is C9H6ClF5N2O. The van der Waals surface area contributed by atoms with Crippen molar-refractivity contribution in [1.82, 2.24) is 4.98 Å². The van der Waals surface area contributed by atoms with Crippen molar-refractivity contribution >= 4 is 17.5 Å². The lowest BCUT2D eigenvalue weighted by atomic mass is 10.0. The predicted octanol–water partition coefficient (Wildman–Crippen LogP) is 2.88. The average Bonchev–Trinajstić information content (AvgIpc) is 2.25. The van der Waals surface area contributed by atoms with E-state index < -0.39 is 46.9 Å². The summed E-state index contributed by atoms with van der Waals surface area (Å²) in [6, 6.07) is 0.325. The van der Waals surface area contributed by atoms with Gasteiger partial charge in [-0.05, 0) is 6.07 Å². The van der Waals surface area contributed by atoms with Crippen LogP contribution in [0.25, 0.3) is 0 Å². The molecule has 0 radical (unpaired) electrons. The van der Waals surface area contributed by atoms with E-state index in [0.717, 1.165) is 0 Å². The number of carbonyl (C=O) groups excluding carboxylic acids is 1. The molecule has 0 aliphatic carbocycles. The van der Waals surface area contributed by atoms with E-state index in [1.807, 2.05) is 0 Å². The van der Waals surface area contributed by atoms with Gasteiger partial charge in [0.05, 0.1) is 17.1 Å². The van der Waals surface area contributed by atoms with Gasteiger partial charge in [0.25, 0.3) is 12.3 Å². The van der Waals surface area contributed by atoms with Crippen molar-refractivity contribution in [2.45, 2.75) is 18.5 Å². The summed E-state index contributed by atoms with van der Waals surface area (Å²) in [5, 5.41) is 0. The molecule has 0 saturated carbocycles. The average molecular weight is 289 g/mol. The van der Waals surface area contributed by atoms with Crippen LogP contribution >= 0.6 is 11.6 Å². The molecule has 18 heavy (non-hydrogen) atoms. The summed E-state index contributed by atoms with van der Waals surface area (Å²) in [5.74, 6) is -1.98. The number of nitrogens with two attached hydrogens (primary N) is 1. The number of hydrogen-bond acceptors (Lipinski definition) is 2. The molecule has 1 rings (SSSR count). The van der Waals surface area contributed by atoms with Gasteiger partial charge in [-0.25, -0.2) is 13.8 Å². The highest BCUT2D eigenvalue weighted by molar-refractivity contribution is 6.17. The largest absolute Gasteiger partial charge is 0.418 e. The Bertz CT molecular complexity index is 475.